The van der Waals surface area contributed by atoms with Crippen molar-refractivity contribution in [3.8, 4) is 22.3 Å². The van der Waals surface area contributed by atoms with E-state index < -0.39 is 0 Å². The van der Waals surface area contributed by atoms with Crippen LogP contribution in [0.4, 0.5) is 0 Å². The summed E-state index contributed by atoms with van der Waals surface area (Å²) in [7, 11) is 0. The molecule has 0 saturated heterocycles. The summed E-state index contributed by atoms with van der Waals surface area (Å²) in [6, 6.07) is 41.7. The van der Waals surface area contributed by atoms with Crippen molar-refractivity contribution in [1.29, 1.82) is 5.41 Å². The van der Waals surface area contributed by atoms with Gasteiger partial charge < -0.3 is 11.5 Å². The first-order valence-corrected chi connectivity index (χ1v) is 14.7. The number of rotatable bonds is 5. The Morgan fingerprint density at radius 2 is 1.40 bits per heavy atom. The Labute approximate surface area is 256 Å². The highest BCUT2D eigenvalue weighted by Crippen LogP contribution is 2.38. The number of amidine groups is 1. The van der Waals surface area contributed by atoms with E-state index in [9.17, 15) is 0 Å². The number of allylic oxidation sites excluding steroid dienone is 4. The fourth-order valence-electron chi connectivity index (χ4n) is 5.24. The van der Waals surface area contributed by atoms with Crippen LogP contribution in [0.25, 0.3) is 27.8 Å². The van der Waals surface area contributed by atoms with Crippen LogP contribution in [0.5, 0.6) is 0 Å². The third-order valence-electron chi connectivity index (χ3n) is 7.41. The topological polar surface area (TPSA) is 75.9 Å². The number of aryl methyl sites for hydroxylation is 1. The SMILES string of the molecule is C/C=C\C(=C/C)c1ccc(CN)cc1.Cc1cccc(-c2ccccc2)c1.N=C(N)c1cccc2c1-c1ccccc1C2. The summed E-state index contributed by atoms with van der Waals surface area (Å²) in [5.41, 5.74) is 24.5. The van der Waals surface area contributed by atoms with Gasteiger partial charge in [0.15, 0.2) is 0 Å². The molecule has 0 saturated carbocycles. The second-order valence-corrected chi connectivity index (χ2v) is 10.5. The Bertz CT molecular complexity index is 1710. The van der Waals surface area contributed by atoms with Crippen LogP contribution in [-0.4, -0.2) is 5.84 Å². The van der Waals surface area contributed by atoms with Gasteiger partial charge in [-0.05, 0) is 77.3 Å². The maximum atomic E-state index is 7.62. The smallest absolute Gasteiger partial charge is 0.123 e. The van der Waals surface area contributed by atoms with Crippen molar-refractivity contribution in [1.82, 2.24) is 0 Å². The number of nitrogen functional groups attached to an aromatic ring is 1. The molecule has 1 aliphatic rings. The minimum Gasteiger partial charge on any atom is -0.384 e. The summed E-state index contributed by atoms with van der Waals surface area (Å²) in [5, 5.41) is 7.62. The molecular formula is C40H41N3. The molecule has 3 heteroatoms. The van der Waals surface area contributed by atoms with Crippen LogP contribution >= 0.6 is 0 Å². The Balaban J connectivity index is 0.000000149. The molecule has 0 spiro atoms. The molecule has 6 rings (SSSR count). The van der Waals surface area contributed by atoms with E-state index in [4.69, 9.17) is 16.9 Å². The first-order valence-electron chi connectivity index (χ1n) is 14.7. The van der Waals surface area contributed by atoms with E-state index in [0.29, 0.717) is 6.54 Å². The van der Waals surface area contributed by atoms with Crippen molar-refractivity contribution in [3.05, 3.63) is 173 Å². The lowest BCUT2D eigenvalue weighted by molar-refractivity contribution is 1.07. The average molecular weight is 564 g/mol. The lowest BCUT2D eigenvalue weighted by Gasteiger charge is -2.07. The highest BCUT2D eigenvalue weighted by Gasteiger charge is 2.21. The summed E-state index contributed by atoms with van der Waals surface area (Å²) in [6.07, 6.45) is 7.22. The molecule has 216 valence electrons. The van der Waals surface area contributed by atoms with Crippen molar-refractivity contribution in [2.75, 3.05) is 0 Å². The van der Waals surface area contributed by atoms with E-state index >= 15 is 0 Å². The average Bonchev–Trinajstić information content (AvgIpc) is 3.44. The monoisotopic (exact) mass is 563 g/mol. The fraction of sp³-hybridized carbons (Fsp3) is 0.125. The molecule has 0 heterocycles. The molecule has 5 aromatic carbocycles. The molecule has 5 aromatic rings. The Morgan fingerprint density at radius 3 is 2.05 bits per heavy atom. The zero-order chi connectivity index (χ0) is 30.6. The highest BCUT2D eigenvalue weighted by molar-refractivity contribution is 6.03. The molecule has 0 atom stereocenters. The molecule has 0 amide bonds. The van der Waals surface area contributed by atoms with Gasteiger partial charge in [0.25, 0.3) is 0 Å². The molecule has 0 radical (unpaired) electrons. The lowest BCUT2D eigenvalue weighted by Crippen LogP contribution is -2.12. The van der Waals surface area contributed by atoms with Crippen molar-refractivity contribution < 1.29 is 0 Å². The van der Waals surface area contributed by atoms with Crippen LogP contribution in [0.15, 0.2) is 140 Å². The maximum Gasteiger partial charge on any atom is 0.123 e. The Kier molecular flexibility index (Phi) is 11.0. The van der Waals surface area contributed by atoms with Gasteiger partial charge in [0, 0.05) is 12.1 Å². The van der Waals surface area contributed by atoms with E-state index in [1.807, 2.05) is 44.2 Å². The van der Waals surface area contributed by atoms with Crippen molar-refractivity contribution >= 4 is 11.4 Å². The number of fused-ring (bicyclic) bond motifs is 3. The Hall–Kier alpha value is -4.99. The molecule has 5 N–H and O–H groups in total. The van der Waals surface area contributed by atoms with Gasteiger partial charge in [0.1, 0.15) is 5.84 Å². The van der Waals surface area contributed by atoms with Crippen molar-refractivity contribution in [3.63, 3.8) is 0 Å². The normalized spacial score (nSPS) is 11.5. The summed E-state index contributed by atoms with van der Waals surface area (Å²) in [4.78, 5) is 0. The van der Waals surface area contributed by atoms with Crippen LogP contribution < -0.4 is 11.5 Å². The van der Waals surface area contributed by atoms with Gasteiger partial charge in [-0.3, -0.25) is 5.41 Å². The highest BCUT2D eigenvalue weighted by atomic mass is 14.7. The van der Waals surface area contributed by atoms with E-state index in [0.717, 1.165) is 17.5 Å². The van der Waals surface area contributed by atoms with Gasteiger partial charge in [0.2, 0.25) is 0 Å². The first kappa shape index (κ1) is 31.0. The van der Waals surface area contributed by atoms with Crippen LogP contribution in [0.3, 0.4) is 0 Å². The van der Waals surface area contributed by atoms with Crippen LogP contribution in [0, 0.1) is 12.3 Å². The molecule has 0 aromatic heterocycles. The second kappa shape index (κ2) is 15.3. The maximum absolute atomic E-state index is 7.62. The molecule has 0 bridgehead atoms. The lowest BCUT2D eigenvalue weighted by atomic mass is 9.99. The first-order chi connectivity index (χ1) is 20.9. The molecule has 43 heavy (non-hydrogen) atoms. The van der Waals surface area contributed by atoms with Gasteiger partial charge in [-0.2, -0.15) is 0 Å². The molecule has 3 nitrogen and oxygen atoms in total. The number of hydrogen-bond acceptors (Lipinski definition) is 2. The number of hydrogen-bond donors (Lipinski definition) is 3. The van der Waals surface area contributed by atoms with Gasteiger partial charge in [-0.15, -0.1) is 0 Å². The number of nitrogens with two attached hydrogens (primary N) is 2. The van der Waals surface area contributed by atoms with Crippen LogP contribution in [0.1, 0.15) is 47.2 Å². The van der Waals surface area contributed by atoms with Crippen molar-refractivity contribution in [2.45, 2.75) is 33.7 Å². The molecule has 1 aliphatic carbocycles. The summed E-state index contributed by atoms with van der Waals surface area (Å²) >= 11 is 0. The number of nitrogens with one attached hydrogen (secondary N) is 1. The molecule has 0 unspecified atom stereocenters. The summed E-state index contributed by atoms with van der Waals surface area (Å²) < 4.78 is 0. The van der Waals surface area contributed by atoms with Crippen LogP contribution in [0.2, 0.25) is 0 Å². The third kappa shape index (κ3) is 8.06. The summed E-state index contributed by atoms with van der Waals surface area (Å²) in [6.45, 7) is 6.80. The summed E-state index contributed by atoms with van der Waals surface area (Å²) in [5.74, 6) is 0.147. The zero-order valence-electron chi connectivity index (χ0n) is 25.3. The van der Waals surface area contributed by atoms with E-state index in [-0.39, 0.29) is 5.84 Å². The predicted octanol–water partition coefficient (Wildman–Crippen LogP) is 9.33. The standard InChI is InChI=1S/C14H12N2.C13H17N.C13H12/c15-14(16)12-7-3-5-10-8-9-4-1-2-6-11(9)13(10)12;1-3-5-12(4-2)13-8-6-11(10-14)7-9-13;1-11-6-5-9-13(10-11)12-7-3-2-4-8-12/h1-7H,8H2,(H3,15,16);3-9H,10,14H2,1-2H3;2-10H,1H3/b;5-3-,12-4+;. The predicted molar refractivity (Wildman–Crippen MR) is 185 cm³/mol. The van der Waals surface area contributed by atoms with E-state index in [1.165, 1.54) is 50.1 Å². The second-order valence-electron chi connectivity index (χ2n) is 10.5. The zero-order valence-corrected chi connectivity index (χ0v) is 25.3. The Morgan fingerprint density at radius 1 is 0.744 bits per heavy atom. The number of benzene rings is 5. The molecular weight excluding hydrogens is 522 g/mol. The largest absolute Gasteiger partial charge is 0.384 e. The fourth-order valence-corrected chi connectivity index (χ4v) is 5.24. The van der Waals surface area contributed by atoms with Crippen LogP contribution in [-0.2, 0) is 13.0 Å². The van der Waals surface area contributed by atoms with E-state index in [2.05, 4.69) is 116 Å². The van der Waals surface area contributed by atoms with Gasteiger partial charge >= 0.3 is 0 Å². The molecule has 0 fully saturated rings. The quantitative estimate of drug-likeness (QED) is 0.111. The van der Waals surface area contributed by atoms with Crippen molar-refractivity contribution in [2.24, 2.45) is 11.5 Å². The van der Waals surface area contributed by atoms with Gasteiger partial charge in [-0.25, -0.2) is 0 Å². The van der Waals surface area contributed by atoms with Gasteiger partial charge in [0.05, 0.1) is 0 Å². The minimum atomic E-state index is 0.147. The molecule has 0 aliphatic heterocycles. The van der Waals surface area contributed by atoms with E-state index in [1.54, 1.807) is 0 Å². The van der Waals surface area contributed by atoms with Gasteiger partial charge in [-0.1, -0.05) is 145 Å². The minimum absolute atomic E-state index is 0.147. The third-order valence-corrected chi connectivity index (χ3v) is 7.41.